The van der Waals surface area contributed by atoms with Crippen molar-refractivity contribution < 1.29 is 4.43 Å². The van der Waals surface area contributed by atoms with Crippen molar-refractivity contribution in [2.75, 3.05) is 19.7 Å². The van der Waals surface area contributed by atoms with E-state index in [0.29, 0.717) is 11.1 Å². The highest BCUT2D eigenvalue weighted by atomic mass is 28.4. The third kappa shape index (κ3) is 5.00. The van der Waals surface area contributed by atoms with Gasteiger partial charge >= 0.3 is 0 Å². The van der Waals surface area contributed by atoms with Crippen LogP contribution in [0.4, 0.5) is 0 Å². The molecule has 4 N–H and O–H groups in total. The minimum absolute atomic E-state index is 0.693. The van der Waals surface area contributed by atoms with Gasteiger partial charge in [-0.25, -0.2) is 0 Å². The fourth-order valence-electron chi connectivity index (χ4n) is 3.17. The Labute approximate surface area is 115 Å². The van der Waals surface area contributed by atoms with E-state index in [0.717, 1.165) is 32.5 Å². The maximum absolute atomic E-state index is 6.35. The zero-order chi connectivity index (χ0) is 14.0. The Bertz CT molecular complexity index is 188. The minimum atomic E-state index is -1.66. The lowest BCUT2D eigenvalue weighted by atomic mass is 10.2. The Hall–Kier alpha value is 0.0969. The fraction of sp³-hybridized carbons (Fsp3) is 1.00. The molecular weight excluding hydrogens is 240 g/mol. The van der Waals surface area contributed by atoms with Crippen molar-refractivity contribution in [2.24, 2.45) is 11.5 Å². The van der Waals surface area contributed by atoms with Crippen LogP contribution in [0.25, 0.3) is 0 Å². The molecule has 0 aliphatic rings. The Morgan fingerprint density at radius 2 is 1.39 bits per heavy atom. The van der Waals surface area contributed by atoms with E-state index in [4.69, 9.17) is 15.9 Å². The molecule has 0 aromatic rings. The number of rotatable bonds is 11. The van der Waals surface area contributed by atoms with Gasteiger partial charge in [0.1, 0.15) is 0 Å². The monoisotopic (exact) mass is 274 g/mol. The molecule has 0 aromatic heterocycles. The second-order valence-electron chi connectivity index (χ2n) is 5.41. The lowest BCUT2D eigenvalue weighted by Crippen LogP contribution is -2.46. The molecule has 110 valence electrons. The van der Waals surface area contributed by atoms with Crippen LogP contribution in [0.1, 0.15) is 53.4 Å². The Balaban J connectivity index is 4.76. The van der Waals surface area contributed by atoms with Crippen LogP contribution >= 0.6 is 0 Å². The van der Waals surface area contributed by atoms with Crippen LogP contribution < -0.4 is 11.5 Å². The summed E-state index contributed by atoms with van der Waals surface area (Å²) in [6.45, 7) is 11.6. The second-order valence-corrected chi connectivity index (χ2v) is 10.3. The maximum Gasteiger partial charge on any atom is 0.198 e. The first-order chi connectivity index (χ1) is 8.58. The largest absolute Gasteiger partial charge is 0.417 e. The summed E-state index contributed by atoms with van der Waals surface area (Å²) in [5.41, 5.74) is 12.7. The summed E-state index contributed by atoms with van der Waals surface area (Å²) in [4.78, 5) is 0. The molecule has 18 heavy (non-hydrogen) atoms. The fourth-order valence-corrected chi connectivity index (χ4v) is 8.24. The van der Waals surface area contributed by atoms with Crippen molar-refractivity contribution in [3.63, 3.8) is 0 Å². The van der Waals surface area contributed by atoms with Crippen molar-refractivity contribution in [2.45, 2.75) is 70.5 Å². The molecule has 0 aliphatic heterocycles. The molecule has 0 rings (SSSR count). The van der Waals surface area contributed by atoms with Gasteiger partial charge in [-0.1, -0.05) is 20.8 Å². The third-order valence-corrected chi connectivity index (χ3v) is 10.2. The molecule has 0 amide bonds. The molecular formula is C14H34N2OSi. The van der Waals surface area contributed by atoms with Gasteiger partial charge in [0.2, 0.25) is 0 Å². The van der Waals surface area contributed by atoms with Gasteiger partial charge < -0.3 is 15.9 Å². The Morgan fingerprint density at radius 3 is 1.67 bits per heavy atom. The van der Waals surface area contributed by atoms with Crippen LogP contribution in [0.2, 0.25) is 17.1 Å². The number of hydrogen-bond acceptors (Lipinski definition) is 3. The standard InChI is InChI=1S/C14H34N2OSi/c1-5-17-18(6-2,13(3)9-7-11-15)14(4)10-8-12-16/h13-14H,5-12,15-16H2,1-4H3. The summed E-state index contributed by atoms with van der Waals surface area (Å²) in [5, 5.41) is 0. The topological polar surface area (TPSA) is 61.3 Å². The van der Waals surface area contributed by atoms with E-state index in [1.165, 1.54) is 18.9 Å². The summed E-state index contributed by atoms with van der Waals surface area (Å²) < 4.78 is 6.35. The predicted molar refractivity (Wildman–Crippen MR) is 83.3 cm³/mol. The summed E-state index contributed by atoms with van der Waals surface area (Å²) >= 11 is 0. The SMILES string of the molecule is CCO[Si](CC)(C(C)CCCN)C(C)CCCN. The zero-order valence-corrected chi connectivity index (χ0v) is 13.9. The molecule has 0 bridgehead atoms. The van der Waals surface area contributed by atoms with Crippen LogP contribution in [-0.4, -0.2) is 28.0 Å². The van der Waals surface area contributed by atoms with Crippen molar-refractivity contribution in [1.82, 2.24) is 0 Å². The van der Waals surface area contributed by atoms with Gasteiger partial charge in [-0.15, -0.1) is 0 Å². The van der Waals surface area contributed by atoms with Crippen molar-refractivity contribution in [1.29, 1.82) is 0 Å². The molecule has 0 spiro atoms. The molecule has 0 saturated carbocycles. The summed E-state index contributed by atoms with van der Waals surface area (Å²) in [5.74, 6) is 0. The van der Waals surface area contributed by atoms with Crippen LogP contribution in [0.15, 0.2) is 0 Å². The maximum atomic E-state index is 6.35. The molecule has 0 aromatic carbocycles. The first-order valence-electron chi connectivity index (χ1n) is 7.63. The van der Waals surface area contributed by atoms with Gasteiger partial charge in [0.25, 0.3) is 0 Å². The minimum Gasteiger partial charge on any atom is -0.417 e. The van der Waals surface area contributed by atoms with Gasteiger partial charge in [-0.05, 0) is 62.8 Å². The normalized spacial score (nSPS) is 18.3. The number of nitrogens with two attached hydrogens (primary N) is 2. The second kappa shape index (κ2) is 9.95. The van der Waals surface area contributed by atoms with E-state index in [9.17, 15) is 0 Å². The summed E-state index contributed by atoms with van der Waals surface area (Å²) in [7, 11) is -1.66. The van der Waals surface area contributed by atoms with Crippen LogP contribution in [0, 0.1) is 0 Å². The van der Waals surface area contributed by atoms with E-state index in [-0.39, 0.29) is 0 Å². The van der Waals surface area contributed by atoms with E-state index in [1.807, 2.05) is 0 Å². The zero-order valence-electron chi connectivity index (χ0n) is 12.9. The van der Waals surface area contributed by atoms with Crippen molar-refractivity contribution in [3.05, 3.63) is 0 Å². The quantitative estimate of drug-likeness (QED) is 0.569. The molecule has 4 heteroatoms. The highest BCUT2D eigenvalue weighted by molar-refractivity contribution is 6.76. The summed E-state index contributed by atoms with van der Waals surface area (Å²) in [6.07, 6.45) is 4.66. The molecule has 0 fully saturated rings. The molecule has 0 saturated heterocycles. The van der Waals surface area contributed by atoms with E-state index in [1.54, 1.807) is 0 Å². The average Bonchev–Trinajstić information content (AvgIpc) is 2.39. The molecule has 3 nitrogen and oxygen atoms in total. The third-order valence-electron chi connectivity index (χ3n) is 4.32. The van der Waals surface area contributed by atoms with Gasteiger partial charge in [0, 0.05) is 6.61 Å². The van der Waals surface area contributed by atoms with Crippen LogP contribution in [0.5, 0.6) is 0 Å². The predicted octanol–water partition coefficient (Wildman–Crippen LogP) is 3.25. The average molecular weight is 275 g/mol. The van der Waals surface area contributed by atoms with Gasteiger partial charge in [-0.2, -0.15) is 0 Å². The van der Waals surface area contributed by atoms with Crippen LogP contribution in [0.3, 0.4) is 0 Å². The first-order valence-corrected chi connectivity index (χ1v) is 9.90. The van der Waals surface area contributed by atoms with Gasteiger partial charge in [0.15, 0.2) is 8.32 Å². The van der Waals surface area contributed by atoms with Crippen LogP contribution in [-0.2, 0) is 4.43 Å². The highest BCUT2D eigenvalue weighted by Gasteiger charge is 2.43. The lowest BCUT2D eigenvalue weighted by Gasteiger charge is -2.41. The number of hydrogen-bond donors (Lipinski definition) is 2. The summed E-state index contributed by atoms with van der Waals surface area (Å²) in [6, 6.07) is 1.21. The molecule has 2 unspecified atom stereocenters. The molecule has 2 atom stereocenters. The smallest absolute Gasteiger partial charge is 0.198 e. The Kier molecular flexibility index (Phi) is 10.0. The van der Waals surface area contributed by atoms with E-state index in [2.05, 4.69) is 27.7 Å². The first kappa shape index (κ1) is 18.1. The molecule has 0 heterocycles. The van der Waals surface area contributed by atoms with Gasteiger partial charge in [-0.3, -0.25) is 0 Å². The molecule has 0 radical (unpaired) electrons. The Morgan fingerprint density at radius 1 is 0.944 bits per heavy atom. The molecule has 0 aliphatic carbocycles. The lowest BCUT2D eigenvalue weighted by molar-refractivity contribution is 0.296. The van der Waals surface area contributed by atoms with E-state index >= 15 is 0 Å². The highest BCUT2D eigenvalue weighted by Crippen LogP contribution is 2.41. The van der Waals surface area contributed by atoms with Gasteiger partial charge in [0.05, 0.1) is 0 Å². The van der Waals surface area contributed by atoms with E-state index < -0.39 is 8.32 Å². The van der Waals surface area contributed by atoms with Crippen molar-refractivity contribution >= 4 is 8.32 Å². The van der Waals surface area contributed by atoms with Crippen molar-refractivity contribution in [3.8, 4) is 0 Å².